The van der Waals surface area contributed by atoms with E-state index in [0.29, 0.717) is 32.0 Å². The molecule has 1 aromatic rings. The van der Waals surface area contributed by atoms with Crippen LogP contribution >= 0.6 is 0 Å². The number of hydrogen-bond donors (Lipinski definition) is 2. The highest BCUT2D eigenvalue weighted by atomic mass is 19.1. The highest BCUT2D eigenvalue weighted by molar-refractivity contribution is 5.21. The maximum absolute atomic E-state index is 12.6. The van der Waals surface area contributed by atoms with Crippen molar-refractivity contribution in [3.8, 4) is 5.75 Å². The van der Waals surface area contributed by atoms with Gasteiger partial charge in [0.15, 0.2) is 0 Å². The van der Waals surface area contributed by atoms with Crippen molar-refractivity contribution in [2.75, 3.05) is 39.5 Å². The molecule has 0 fully saturated rings. The summed E-state index contributed by atoms with van der Waals surface area (Å²) in [7, 11) is 0. The number of ether oxygens (including phenoxy) is 1. The van der Waals surface area contributed by atoms with E-state index in [9.17, 15) is 4.39 Å². The molecule has 2 N–H and O–H groups in total. The molecule has 0 radical (unpaired) electrons. The first-order valence-electron chi connectivity index (χ1n) is 5.58. The van der Waals surface area contributed by atoms with Gasteiger partial charge >= 0.3 is 0 Å². The molecular weight excluding hydrogens is 225 g/mol. The van der Waals surface area contributed by atoms with E-state index in [4.69, 9.17) is 14.9 Å². The van der Waals surface area contributed by atoms with Crippen molar-refractivity contribution in [1.82, 2.24) is 4.90 Å². The standard InChI is InChI=1S/C12H18FNO3/c13-11-1-3-12(4-2-11)17-10-7-14(5-8-15)6-9-16/h1-4,15-16H,5-10H2. The van der Waals surface area contributed by atoms with Crippen molar-refractivity contribution in [2.24, 2.45) is 0 Å². The van der Waals surface area contributed by atoms with E-state index in [-0.39, 0.29) is 19.0 Å². The molecule has 1 rings (SSSR count). The first-order chi connectivity index (χ1) is 8.26. The van der Waals surface area contributed by atoms with Crippen LogP contribution in [0, 0.1) is 5.82 Å². The van der Waals surface area contributed by atoms with Gasteiger partial charge in [-0.2, -0.15) is 0 Å². The largest absolute Gasteiger partial charge is 0.492 e. The van der Waals surface area contributed by atoms with Crippen molar-refractivity contribution >= 4 is 0 Å². The van der Waals surface area contributed by atoms with Crippen LogP contribution < -0.4 is 4.74 Å². The summed E-state index contributed by atoms with van der Waals surface area (Å²) >= 11 is 0. The molecule has 0 heterocycles. The molecule has 0 saturated heterocycles. The molecule has 0 spiro atoms. The van der Waals surface area contributed by atoms with Crippen molar-refractivity contribution in [3.05, 3.63) is 30.1 Å². The quantitative estimate of drug-likeness (QED) is 0.698. The van der Waals surface area contributed by atoms with Gasteiger partial charge in [-0.25, -0.2) is 4.39 Å². The molecule has 1 aromatic carbocycles. The summed E-state index contributed by atoms with van der Waals surface area (Å²) in [6.07, 6.45) is 0. The highest BCUT2D eigenvalue weighted by Gasteiger charge is 2.03. The molecule has 0 unspecified atom stereocenters. The second kappa shape index (κ2) is 8.00. The maximum atomic E-state index is 12.6. The van der Waals surface area contributed by atoms with Gasteiger partial charge in [-0.1, -0.05) is 0 Å². The molecule has 0 aromatic heterocycles. The predicted octanol–water partition coefficient (Wildman–Crippen LogP) is 0.491. The fourth-order valence-electron chi connectivity index (χ4n) is 1.44. The van der Waals surface area contributed by atoms with Crippen LogP contribution in [0.25, 0.3) is 0 Å². The number of halogens is 1. The van der Waals surface area contributed by atoms with E-state index in [2.05, 4.69) is 0 Å². The van der Waals surface area contributed by atoms with E-state index < -0.39 is 0 Å². The Morgan fingerprint density at radius 2 is 1.59 bits per heavy atom. The van der Waals surface area contributed by atoms with Gasteiger partial charge < -0.3 is 14.9 Å². The van der Waals surface area contributed by atoms with Gasteiger partial charge in [0.25, 0.3) is 0 Å². The van der Waals surface area contributed by atoms with E-state index >= 15 is 0 Å². The van der Waals surface area contributed by atoms with Crippen molar-refractivity contribution in [2.45, 2.75) is 0 Å². The van der Waals surface area contributed by atoms with Crippen LogP contribution in [0.15, 0.2) is 24.3 Å². The molecule has 0 aliphatic heterocycles. The zero-order valence-corrected chi connectivity index (χ0v) is 9.68. The number of nitrogens with zero attached hydrogens (tertiary/aromatic N) is 1. The Labute approximate surface area is 100 Å². The SMILES string of the molecule is OCCN(CCO)CCOc1ccc(F)cc1. The lowest BCUT2D eigenvalue weighted by molar-refractivity contribution is 0.141. The van der Waals surface area contributed by atoms with Gasteiger partial charge in [0.2, 0.25) is 0 Å². The zero-order chi connectivity index (χ0) is 12.5. The normalized spacial score (nSPS) is 10.8. The van der Waals surface area contributed by atoms with Gasteiger partial charge in [-0.3, -0.25) is 4.90 Å². The Morgan fingerprint density at radius 1 is 1.00 bits per heavy atom. The van der Waals surface area contributed by atoms with Crippen molar-refractivity contribution in [1.29, 1.82) is 0 Å². The molecule has 96 valence electrons. The first-order valence-corrected chi connectivity index (χ1v) is 5.58. The Kier molecular flexibility index (Phi) is 6.54. The molecule has 0 amide bonds. The third-order valence-corrected chi connectivity index (χ3v) is 2.32. The molecule has 4 nitrogen and oxygen atoms in total. The number of rotatable bonds is 8. The maximum Gasteiger partial charge on any atom is 0.123 e. The number of hydrogen-bond acceptors (Lipinski definition) is 4. The number of aliphatic hydroxyl groups excluding tert-OH is 2. The Morgan fingerprint density at radius 3 is 2.12 bits per heavy atom. The lowest BCUT2D eigenvalue weighted by atomic mass is 10.3. The third kappa shape index (κ3) is 5.63. The second-order valence-electron chi connectivity index (χ2n) is 3.59. The fraction of sp³-hybridized carbons (Fsp3) is 0.500. The average Bonchev–Trinajstić information content (AvgIpc) is 2.32. The smallest absolute Gasteiger partial charge is 0.123 e. The Balaban J connectivity index is 2.27. The van der Waals surface area contributed by atoms with E-state index in [0.717, 1.165) is 0 Å². The van der Waals surface area contributed by atoms with Crippen LogP contribution in [0.4, 0.5) is 4.39 Å². The summed E-state index contributed by atoms with van der Waals surface area (Å²) < 4.78 is 18.0. The summed E-state index contributed by atoms with van der Waals surface area (Å²) in [4.78, 5) is 1.89. The highest BCUT2D eigenvalue weighted by Crippen LogP contribution is 2.10. The lowest BCUT2D eigenvalue weighted by Gasteiger charge is -2.19. The topological polar surface area (TPSA) is 52.9 Å². The molecule has 0 atom stereocenters. The Bertz CT molecular complexity index is 299. The van der Waals surface area contributed by atoms with Crippen molar-refractivity contribution in [3.63, 3.8) is 0 Å². The van der Waals surface area contributed by atoms with Crippen molar-refractivity contribution < 1.29 is 19.3 Å². The molecule has 0 aliphatic rings. The summed E-state index contributed by atoms with van der Waals surface area (Å²) in [6, 6.07) is 5.82. The molecular formula is C12H18FNO3. The molecule has 0 aliphatic carbocycles. The minimum absolute atomic E-state index is 0.0521. The summed E-state index contributed by atoms with van der Waals surface area (Å²) in [5.74, 6) is 0.318. The van der Waals surface area contributed by atoms with Crippen LogP contribution in [0.2, 0.25) is 0 Å². The minimum atomic E-state index is -0.292. The summed E-state index contributed by atoms with van der Waals surface area (Å²) in [5, 5.41) is 17.6. The van der Waals surface area contributed by atoms with E-state index in [1.807, 2.05) is 4.90 Å². The van der Waals surface area contributed by atoms with Gasteiger partial charge in [-0.05, 0) is 24.3 Å². The van der Waals surface area contributed by atoms with Gasteiger partial charge in [0.05, 0.1) is 13.2 Å². The number of aliphatic hydroxyl groups is 2. The van der Waals surface area contributed by atoms with Crippen LogP contribution in [0.3, 0.4) is 0 Å². The summed E-state index contributed by atoms with van der Waals surface area (Å²) in [6.45, 7) is 2.16. The summed E-state index contributed by atoms with van der Waals surface area (Å²) in [5.41, 5.74) is 0. The van der Waals surface area contributed by atoms with Crippen LogP contribution in [0.1, 0.15) is 0 Å². The second-order valence-corrected chi connectivity index (χ2v) is 3.59. The molecule has 17 heavy (non-hydrogen) atoms. The van der Waals surface area contributed by atoms with Crippen LogP contribution in [-0.4, -0.2) is 54.6 Å². The number of benzene rings is 1. The van der Waals surface area contributed by atoms with Gasteiger partial charge in [-0.15, -0.1) is 0 Å². The molecule has 0 bridgehead atoms. The Hall–Kier alpha value is -1.17. The predicted molar refractivity (Wildman–Crippen MR) is 62.5 cm³/mol. The monoisotopic (exact) mass is 243 g/mol. The van der Waals surface area contributed by atoms with Gasteiger partial charge in [0, 0.05) is 19.6 Å². The molecule has 5 heteroatoms. The average molecular weight is 243 g/mol. The minimum Gasteiger partial charge on any atom is -0.492 e. The van der Waals surface area contributed by atoms with Crippen LogP contribution in [-0.2, 0) is 0 Å². The van der Waals surface area contributed by atoms with E-state index in [1.165, 1.54) is 12.1 Å². The third-order valence-electron chi connectivity index (χ3n) is 2.32. The first kappa shape index (κ1) is 13.9. The van der Waals surface area contributed by atoms with E-state index in [1.54, 1.807) is 12.1 Å². The lowest BCUT2D eigenvalue weighted by Crippen LogP contribution is -2.33. The van der Waals surface area contributed by atoms with Gasteiger partial charge in [0.1, 0.15) is 18.2 Å². The fourth-order valence-corrected chi connectivity index (χ4v) is 1.44. The molecule has 0 saturated carbocycles. The van der Waals surface area contributed by atoms with Crippen LogP contribution in [0.5, 0.6) is 5.75 Å². The zero-order valence-electron chi connectivity index (χ0n) is 9.68.